The molecule has 0 aliphatic rings. The summed E-state index contributed by atoms with van der Waals surface area (Å²) in [4.78, 5) is 15.6. The van der Waals surface area contributed by atoms with Gasteiger partial charge >= 0.3 is 0 Å². The van der Waals surface area contributed by atoms with Crippen LogP contribution in [0.15, 0.2) is 42.7 Å². The van der Waals surface area contributed by atoms with Crippen LogP contribution in [0.2, 0.25) is 10.0 Å². The van der Waals surface area contributed by atoms with Crippen molar-refractivity contribution >= 4 is 39.1 Å². The molecule has 0 radical (unpaired) electrons. The molecular formula is C15H15Cl2N3O3S. The molecule has 1 aromatic heterocycles. The molecular weight excluding hydrogens is 373 g/mol. The molecule has 0 atom stereocenters. The molecule has 0 spiro atoms. The van der Waals surface area contributed by atoms with Crippen LogP contribution in [0.4, 0.5) is 0 Å². The van der Waals surface area contributed by atoms with Crippen molar-refractivity contribution in [1.82, 2.24) is 15.0 Å². The van der Waals surface area contributed by atoms with Gasteiger partial charge in [-0.05, 0) is 29.3 Å². The number of nitrogens with zero attached hydrogens (tertiary/aromatic N) is 1. The zero-order valence-electron chi connectivity index (χ0n) is 12.5. The van der Waals surface area contributed by atoms with Gasteiger partial charge in [0.05, 0.1) is 12.3 Å². The van der Waals surface area contributed by atoms with Crippen LogP contribution in [0.3, 0.4) is 0 Å². The number of sulfonamides is 1. The molecule has 2 aromatic rings. The minimum absolute atomic E-state index is 0.258. The van der Waals surface area contributed by atoms with E-state index in [-0.39, 0.29) is 23.9 Å². The largest absolute Gasteiger partial charge is 0.351 e. The standard InChI is InChI=1S/C15H15Cl2N3O3S/c16-13-4-3-12(14(17)6-13)10-24(22,23)20-9-15(21)19-8-11-2-1-5-18-7-11/h1-7,20H,8-10H2,(H,19,21). The molecule has 9 heteroatoms. The number of rotatable bonds is 7. The maximum absolute atomic E-state index is 12.0. The number of benzene rings is 1. The molecule has 0 aliphatic heterocycles. The van der Waals surface area contributed by atoms with E-state index in [1.54, 1.807) is 30.6 Å². The minimum atomic E-state index is -3.70. The molecule has 0 saturated heterocycles. The number of amides is 1. The fourth-order valence-corrected chi connectivity index (χ4v) is 3.50. The molecule has 2 N–H and O–H groups in total. The van der Waals surface area contributed by atoms with E-state index >= 15 is 0 Å². The average molecular weight is 388 g/mol. The molecule has 0 bridgehead atoms. The van der Waals surface area contributed by atoms with Gasteiger partial charge in [-0.3, -0.25) is 9.78 Å². The van der Waals surface area contributed by atoms with Crippen molar-refractivity contribution in [1.29, 1.82) is 0 Å². The van der Waals surface area contributed by atoms with Crippen LogP contribution >= 0.6 is 23.2 Å². The highest BCUT2D eigenvalue weighted by Crippen LogP contribution is 2.22. The van der Waals surface area contributed by atoms with Gasteiger partial charge in [0.2, 0.25) is 15.9 Å². The molecule has 0 aliphatic carbocycles. The fourth-order valence-electron chi connectivity index (χ4n) is 1.84. The first-order valence-electron chi connectivity index (χ1n) is 6.92. The van der Waals surface area contributed by atoms with E-state index in [0.717, 1.165) is 5.56 Å². The maximum atomic E-state index is 12.0. The van der Waals surface area contributed by atoms with Crippen LogP contribution in [0, 0.1) is 0 Å². The SMILES string of the molecule is O=C(CNS(=O)(=O)Cc1ccc(Cl)cc1Cl)NCc1cccnc1. The number of aromatic nitrogens is 1. The summed E-state index contributed by atoms with van der Waals surface area (Å²) in [5.74, 6) is -0.775. The number of carbonyl (C=O) groups is 1. The predicted octanol–water partition coefficient (Wildman–Crippen LogP) is 2.12. The Kier molecular flexibility index (Phi) is 6.56. The van der Waals surface area contributed by atoms with Gasteiger partial charge in [-0.25, -0.2) is 13.1 Å². The van der Waals surface area contributed by atoms with Crippen LogP contribution in [-0.4, -0.2) is 25.9 Å². The molecule has 0 saturated carbocycles. The summed E-state index contributed by atoms with van der Waals surface area (Å²) in [5, 5.41) is 3.28. The summed E-state index contributed by atoms with van der Waals surface area (Å²) in [7, 11) is -3.70. The molecule has 0 unspecified atom stereocenters. The zero-order chi connectivity index (χ0) is 17.6. The highest BCUT2D eigenvalue weighted by molar-refractivity contribution is 7.88. The van der Waals surface area contributed by atoms with Crippen molar-refractivity contribution in [2.24, 2.45) is 0 Å². The fraction of sp³-hybridized carbons (Fsp3) is 0.200. The van der Waals surface area contributed by atoms with Crippen LogP contribution in [0.5, 0.6) is 0 Å². The third-order valence-electron chi connectivity index (χ3n) is 3.03. The van der Waals surface area contributed by atoms with Gasteiger partial charge in [0, 0.05) is 29.0 Å². The maximum Gasteiger partial charge on any atom is 0.235 e. The second kappa shape index (κ2) is 8.43. The zero-order valence-corrected chi connectivity index (χ0v) is 14.8. The van der Waals surface area contributed by atoms with E-state index in [0.29, 0.717) is 10.6 Å². The quantitative estimate of drug-likeness (QED) is 0.761. The number of nitrogens with one attached hydrogen (secondary N) is 2. The van der Waals surface area contributed by atoms with E-state index in [4.69, 9.17) is 23.2 Å². The summed E-state index contributed by atoms with van der Waals surface area (Å²) in [5.41, 5.74) is 1.23. The second-order valence-electron chi connectivity index (χ2n) is 4.95. The third kappa shape index (κ3) is 6.09. The lowest BCUT2D eigenvalue weighted by Crippen LogP contribution is -2.37. The molecule has 6 nitrogen and oxygen atoms in total. The molecule has 24 heavy (non-hydrogen) atoms. The van der Waals surface area contributed by atoms with Crippen LogP contribution in [0.25, 0.3) is 0 Å². The number of carbonyl (C=O) groups excluding carboxylic acids is 1. The summed E-state index contributed by atoms with van der Waals surface area (Å²) in [6, 6.07) is 8.11. The molecule has 128 valence electrons. The van der Waals surface area contributed by atoms with E-state index in [1.165, 1.54) is 12.1 Å². The molecule has 2 rings (SSSR count). The van der Waals surface area contributed by atoms with Crippen LogP contribution in [-0.2, 0) is 27.1 Å². The number of halogens is 2. The number of pyridine rings is 1. The van der Waals surface area contributed by atoms with Crippen molar-refractivity contribution in [3.8, 4) is 0 Å². The molecule has 1 heterocycles. The Hall–Kier alpha value is -1.67. The summed E-state index contributed by atoms with van der Waals surface area (Å²) >= 11 is 11.7. The molecule has 1 aromatic carbocycles. The van der Waals surface area contributed by atoms with Crippen LogP contribution < -0.4 is 10.0 Å². The van der Waals surface area contributed by atoms with Crippen molar-refractivity contribution in [2.45, 2.75) is 12.3 Å². The molecule has 0 fully saturated rings. The summed E-state index contributed by atoms with van der Waals surface area (Å²) in [6.45, 7) is -0.0782. The number of hydrogen-bond donors (Lipinski definition) is 2. The third-order valence-corrected chi connectivity index (χ3v) is 4.89. The Labute approximate surface area is 150 Å². The lowest BCUT2D eigenvalue weighted by atomic mass is 10.2. The summed E-state index contributed by atoms with van der Waals surface area (Å²) < 4.78 is 26.3. The number of hydrogen-bond acceptors (Lipinski definition) is 4. The highest BCUT2D eigenvalue weighted by Gasteiger charge is 2.15. The predicted molar refractivity (Wildman–Crippen MR) is 93.2 cm³/mol. The van der Waals surface area contributed by atoms with Gasteiger partial charge in [0.25, 0.3) is 0 Å². The van der Waals surface area contributed by atoms with E-state index < -0.39 is 15.9 Å². The summed E-state index contributed by atoms with van der Waals surface area (Å²) in [6.07, 6.45) is 3.24. The Balaban J connectivity index is 1.84. The smallest absolute Gasteiger partial charge is 0.235 e. The lowest BCUT2D eigenvalue weighted by molar-refractivity contribution is -0.120. The lowest BCUT2D eigenvalue weighted by Gasteiger charge is -2.09. The van der Waals surface area contributed by atoms with Gasteiger partial charge in [0.15, 0.2) is 0 Å². The van der Waals surface area contributed by atoms with Gasteiger partial charge in [0.1, 0.15) is 0 Å². The van der Waals surface area contributed by atoms with Gasteiger partial charge in [-0.2, -0.15) is 0 Å². The molecule has 1 amide bonds. The normalized spacial score (nSPS) is 11.2. The van der Waals surface area contributed by atoms with Crippen molar-refractivity contribution in [2.75, 3.05) is 6.54 Å². The Morgan fingerprint density at radius 2 is 2.00 bits per heavy atom. The van der Waals surface area contributed by atoms with Gasteiger partial charge in [-0.15, -0.1) is 0 Å². The first kappa shape index (κ1) is 18.7. The Morgan fingerprint density at radius 1 is 1.21 bits per heavy atom. The van der Waals surface area contributed by atoms with Crippen LogP contribution in [0.1, 0.15) is 11.1 Å². The van der Waals surface area contributed by atoms with E-state index in [9.17, 15) is 13.2 Å². The van der Waals surface area contributed by atoms with Crippen molar-refractivity contribution < 1.29 is 13.2 Å². The minimum Gasteiger partial charge on any atom is -0.351 e. The Bertz CT molecular complexity index is 814. The average Bonchev–Trinajstić information content (AvgIpc) is 2.55. The monoisotopic (exact) mass is 387 g/mol. The van der Waals surface area contributed by atoms with E-state index in [2.05, 4.69) is 15.0 Å². The second-order valence-corrected chi connectivity index (χ2v) is 7.60. The first-order chi connectivity index (χ1) is 11.4. The van der Waals surface area contributed by atoms with Gasteiger partial charge < -0.3 is 5.32 Å². The topological polar surface area (TPSA) is 88.2 Å². The Morgan fingerprint density at radius 3 is 2.67 bits per heavy atom. The highest BCUT2D eigenvalue weighted by atomic mass is 35.5. The van der Waals surface area contributed by atoms with Gasteiger partial charge in [-0.1, -0.05) is 35.3 Å². The van der Waals surface area contributed by atoms with Crippen molar-refractivity contribution in [3.63, 3.8) is 0 Å². The first-order valence-corrected chi connectivity index (χ1v) is 9.33. The van der Waals surface area contributed by atoms with E-state index in [1.807, 2.05) is 0 Å². The van der Waals surface area contributed by atoms with Crippen molar-refractivity contribution in [3.05, 3.63) is 63.9 Å².